The number of Topliss-reactive ketones (excluding diaryl/α,β-unsaturated/α-hetero) is 1. The van der Waals surface area contributed by atoms with Gasteiger partial charge >= 0.3 is 0 Å². The van der Waals surface area contributed by atoms with Gasteiger partial charge in [-0.05, 0) is 53.9 Å². The lowest BCUT2D eigenvalue weighted by Gasteiger charge is -2.25. The molecule has 1 aromatic heterocycles. The number of carbonyl (C=O) groups excluding carboxylic acids is 2. The summed E-state index contributed by atoms with van der Waals surface area (Å²) in [6, 6.07) is 11.2. The van der Waals surface area contributed by atoms with Crippen molar-refractivity contribution in [2.75, 3.05) is 13.7 Å². The van der Waals surface area contributed by atoms with Gasteiger partial charge in [0.2, 0.25) is 0 Å². The molecule has 1 atom stereocenters. The fraction of sp³-hybridized carbons (Fsp3) is 0.160. The molecule has 2 heterocycles. The van der Waals surface area contributed by atoms with Crippen LogP contribution in [-0.2, 0) is 16.0 Å². The zero-order valence-corrected chi connectivity index (χ0v) is 19.5. The largest absolute Gasteiger partial charge is 0.507 e. The molecule has 1 fully saturated rings. The van der Waals surface area contributed by atoms with E-state index in [-0.39, 0.29) is 39.3 Å². The van der Waals surface area contributed by atoms with Crippen molar-refractivity contribution >= 4 is 40.7 Å². The van der Waals surface area contributed by atoms with E-state index < -0.39 is 23.5 Å². The maximum Gasteiger partial charge on any atom is 0.295 e. The normalized spacial score (nSPS) is 17.3. The van der Waals surface area contributed by atoms with Gasteiger partial charge in [-0.3, -0.25) is 14.6 Å². The highest BCUT2D eigenvalue weighted by molar-refractivity contribution is 6.46. The number of likely N-dealkylation sites (tertiary alicyclic amines) is 1. The van der Waals surface area contributed by atoms with Crippen molar-refractivity contribution in [2.45, 2.75) is 12.5 Å². The van der Waals surface area contributed by atoms with Gasteiger partial charge in [-0.1, -0.05) is 35.3 Å². The van der Waals surface area contributed by atoms with Crippen molar-refractivity contribution in [3.05, 3.63) is 99.1 Å². The number of carbonyl (C=O) groups is 2. The minimum atomic E-state index is -0.858. The quantitative estimate of drug-likeness (QED) is 0.285. The van der Waals surface area contributed by atoms with E-state index in [1.54, 1.807) is 24.3 Å². The molecule has 1 unspecified atom stereocenters. The average Bonchev–Trinajstić information content (AvgIpc) is 3.08. The molecular formula is C25H19Cl2FN2O4. The third-order valence-electron chi connectivity index (χ3n) is 5.59. The van der Waals surface area contributed by atoms with Crippen LogP contribution in [0.15, 0.2) is 66.5 Å². The molecule has 9 heteroatoms. The van der Waals surface area contributed by atoms with Gasteiger partial charge < -0.3 is 14.7 Å². The predicted molar refractivity (Wildman–Crippen MR) is 126 cm³/mol. The molecule has 34 heavy (non-hydrogen) atoms. The zero-order chi connectivity index (χ0) is 24.4. The number of pyridine rings is 1. The number of methoxy groups -OCH3 is 1. The number of ether oxygens (including phenoxy) is 1. The molecule has 1 amide bonds. The molecular weight excluding hydrogens is 482 g/mol. The standard InChI is InChI=1S/C25H19Cl2FN2O4/c1-34-24-18(26)12-16(13-19(24)27)22(31)20-21(15-6-9-29-10-7-15)30(25(33)23(20)32)11-8-14-2-4-17(28)5-3-14/h2-7,9-10,12-13,21,31H,8,11H2,1H3/b22-20+. The Kier molecular flexibility index (Phi) is 6.86. The van der Waals surface area contributed by atoms with Crippen molar-refractivity contribution in [3.63, 3.8) is 0 Å². The van der Waals surface area contributed by atoms with Crippen molar-refractivity contribution in [1.82, 2.24) is 9.88 Å². The van der Waals surface area contributed by atoms with Gasteiger partial charge in [0, 0.05) is 24.5 Å². The van der Waals surface area contributed by atoms with Crippen LogP contribution in [0, 0.1) is 5.82 Å². The summed E-state index contributed by atoms with van der Waals surface area (Å²) in [6.45, 7) is 0.171. The topological polar surface area (TPSA) is 79.7 Å². The first-order valence-electron chi connectivity index (χ1n) is 10.3. The maximum absolute atomic E-state index is 13.3. The molecule has 1 aliphatic heterocycles. The fourth-order valence-corrected chi connectivity index (χ4v) is 4.59. The molecule has 4 rings (SSSR count). The second kappa shape index (κ2) is 9.83. The lowest BCUT2D eigenvalue weighted by Crippen LogP contribution is -2.31. The third kappa shape index (κ3) is 4.49. The van der Waals surface area contributed by atoms with Crippen LogP contribution in [-0.4, -0.2) is 40.3 Å². The van der Waals surface area contributed by atoms with Gasteiger partial charge in [0.1, 0.15) is 11.6 Å². The molecule has 0 radical (unpaired) electrons. The van der Waals surface area contributed by atoms with Crippen LogP contribution in [0.1, 0.15) is 22.7 Å². The minimum Gasteiger partial charge on any atom is -0.507 e. The lowest BCUT2D eigenvalue weighted by atomic mass is 9.95. The number of rotatable bonds is 6. The maximum atomic E-state index is 13.3. The first-order chi connectivity index (χ1) is 16.3. The number of aliphatic hydroxyl groups excluding tert-OH is 1. The SMILES string of the molecule is COc1c(Cl)cc(/C(O)=C2\C(=O)C(=O)N(CCc3ccc(F)cc3)C2c2ccncc2)cc1Cl. The molecule has 3 aromatic rings. The lowest BCUT2D eigenvalue weighted by molar-refractivity contribution is -0.139. The summed E-state index contributed by atoms with van der Waals surface area (Å²) in [6.07, 6.45) is 3.46. The number of hydrogen-bond donors (Lipinski definition) is 1. The molecule has 0 spiro atoms. The number of ketones is 1. The summed E-state index contributed by atoms with van der Waals surface area (Å²) >= 11 is 12.4. The van der Waals surface area contributed by atoms with Gasteiger partial charge in [0.05, 0.1) is 28.8 Å². The number of nitrogens with zero attached hydrogens (tertiary/aromatic N) is 2. The summed E-state index contributed by atoms with van der Waals surface area (Å²) in [5.41, 5.74) is 1.48. The Balaban J connectivity index is 1.78. The van der Waals surface area contributed by atoms with Crippen molar-refractivity contribution in [1.29, 1.82) is 0 Å². The Morgan fingerprint density at radius 3 is 2.29 bits per heavy atom. The number of benzene rings is 2. The first-order valence-corrected chi connectivity index (χ1v) is 11.0. The van der Waals surface area contributed by atoms with Crippen LogP contribution in [0.4, 0.5) is 4.39 Å². The molecule has 1 N–H and O–H groups in total. The number of aliphatic hydroxyl groups is 1. The highest BCUT2D eigenvalue weighted by Gasteiger charge is 2.45. The highest BCUT2D eigenvalue weighted by Crippen LogP contribution is 2.41. The highest BCUT2D eigenvalue weighted by atomic mass is 35.5. The van der Waals surface area contributed by atoms with E-state index in [0.29, 0.717) is 12.0 Å². The van der Waals surface area contributed by atoms with Gasteiger partial charge in [-0.15, -0.1) is 0 Å². The van der Waals surface area contributed by atoms with E-state index in [4.69, 9.17) is 27.9 Å². The van der Waals surface area contributed by atoms with E-state index >= 15 is 0 Å². The molecule has 1 aliphatic rings. The first kappa shape index (κ1) is 23.7. The van der Waals surface area contributed by atoms with E-state index in [1.807, 2.05) is 0 Å². The van der Waals surface area contributed by atoms with Gasteiger partial charge in [-0.2, -0.15) is 0 Å². The van der Waals surface area contributed by atoms with Crippen molar-refractivity contribution < 1.29 is 23.8 Å². The number of hydrogen-bond acceptors (Lipinski definition) is 5. The summed E-state index contributed by atoms with van der Waals surface area (Å²) < 4.78 is 18.4. The van der Waals surface area contributed by atoms with Crippen LogP contribution in [0.2, 0.25) is 10.0 Å². The van der Waals surface area contributed by atoms with Crippen molar-refractivity contribution in [3.8, 4) is 5.75 Å². The molecule has 6 nitrogen and oxygen atoms in total. The monoisotopic (exact) mass is 500 g/mol. The summed E-state index contributed by atoms with van der Waals surface area (Å²) in [4.78, 5) is 31.5. The molecule has 174 valence electrons. The fourth-order valence-electron chi connectivity index (χ4n) is 3.95. The number of aromatic nitrogens is 1. The van der Waals surface area contributed by atoms with Crippen molar-refractivity contribution in [2.24, 2.45) is 0 Å². The second-order valence-corrected chi connectivity index (χ2v) is 8.44. The Hall–Kier alpha value is -3.42. The molecule has 0 saturated carbocycles. The Labute approximate surface area is 205 Å². The van der Waals surface area contributed by atoms with Gasteiger partial charge in [0.25, 0.3) is 11.7 Å². The van der Waals surface area contributed by atoms with E-state index in [0.717, 1.165) is 5.56 Å². The number of halogens is 3. The smallest absolute Gasteiger partial charge is 0.295 e. The van der Waals surface area contributed by atoms with Gasteiger partial charge in [-0.25, -0.2) is 4.39 Å². The van der Waals surface area contributed by atoms with Gasteiger partial charge in [0.15, 0.2) is 5.75 Å². The van der Waals surface area contributed by atoms with Crippen LogP contribution in [0.25, 0.3) is 5.76 Å². The Bertz CT molecular complexity index is 1260. The Morgan fingerprint density at radius 1 is 1.09 bits per heavy atom. The predicted octanol–water partition coefficient (Wildman–Crippen LogP) is 5.20. The van der Waals surface area contributed by atoms with E-state index in [1.165, 1.54) is 48.7 Å². The third-order valence-corrected chi connectivity index (χ3v) is 6.15. The molecule has 2 aromatic carbocycles. The zero-order valence-electron chi connectivity index (χ0n) is 18.0. The summed E-state index contributed by atoms with van der Waals surface area (Å²) in [5, 5.41) is 11.4. The van der Waals surface area contributed by atoms with Crippen LogP contribution in [0.5, 0.6) is 5.75 Å². The molecule has 1 saturated heterocycles. The molecule has 0 aliphatic carbocycles. The summed E-state index contributed by atoms with van der Waals surface area (Å²) in [5.74, 6) is -2.13. The Morgan fingerprint density at radius 2 is 1.71 bits per heavy atom. The van der Waals surface area contributed by atoms with Crippen LogP contribution >= 0.6 is 23.2 Å². The van der Waals surface area contributed by atoms with E-state index in [9.17, 15) is 19.1 Å². The van der Waals surface area contributed by atoms with E-state index in [2.05, 4.69) is 4.98 Å². The second-order valence-electron chi connectivity index (χ2n) is 7.62. The average molecular weight is 501 g/mol. The molecule has 0 bridgehead atoms. The summed E-state index contributed by atoms with van der Waals surface area (Å²) in [7, 11) is 1.41. The number of amides is 1. The van der Waals surface area contributed by atoms with Crippen LogP contribution < -0.4 is 4.74 Å². The van der Waals surface area contributed by atoms with Crippen LogP contribution in [0.3, 0.4) is 0 Å². The minimum absolute atomic E-state index is 0.0902.